The SMILES string of the molecule is c1cc(-c2cccc3c2sc2ccccc23)cc(-c2cccc3c2sc2nc(-n4c5ccccc5c5cccnc54)ccc23)c1. The average Bonchev–Trinajstić information content (AvgIpc) is 3.77. The highest BCUT2D eigenvalue weighted by Crippen LogP contribution is 2.43. The molecule has 5 aromatic heterocycles. The monoisotopic (exact) mass is 609 g/mol. The van der Waals surface area contributed by atoms with Gasteiger partial charge in [0, 0.05) is 52.6 Å². The first-order valence-electron chi connectivity index (χ1n) is 15.0. The minimum absolute atomic E-state index is 0.888. The highest BCUT2D eigenvalue weighted by Gasteiger charge is 2.17. The van der Waals surface area contributed by atoms with Gasteiger partial charge in [0.05, 0.1) is 5.52 Å². The highest BCUT2D eigenvalue weighted by atomic mass is 32.1. The summed E-state index contributed by atoms with van der Waals surface area (Å²) >= 11 is 3.65. The molecule has 0 amide bonds. The van der Waals surface area contributed by atoms with E-state index in [2.05, 4.69) is 132 Å². The Labute approximate surface area is 266 Å². The van der Waals surface area contributed by atoms with Crippen molar-refractivity contribution in [2.75, 3.05) is 0 Å². The Hall–Kier alpha value is -5.36. The van der Waals surface area contributed by atoms with Crippen LogP contribution in [-0.4, -0.2) is 14.5 Å². The van der Waals surface area contributed by atoms with Crippen LogP contribution in [0.3, 0.4) is 0 Å². The topological polar surface area (TPSA) is 30.7 Å². The van der Waals surface area contributed by atoms with Gasteiger partial charge in [-0.2, -0.15) is 0 Å². The summed E-state index contributed by atoms with van der Waals surface area (Å²) in [4.78, 5) is 11.0. The number of para-hydroxylation sites is 1. The van der Waals surface area contributed by atoms with Gasteiger partial charge in [-0.1, -0.05) is 91.0 Å². The standard InChI is InChI=1S/C40H23N3S2/c1-3-18-34-28(11-1)32-17-8-22-41-39(32)43(34)36-21-20-33-31-16-7-14-27(38(31)45-40(33)42-36)25-10-5-9-24(23-25)26-13-6-15-30-29-12-2-4-19-35(29)44-37(26)30/h1-23H. The van der Waals surface area contributed by atoms with Crippen LogP contribution < -0.4 is 0 Å². The molecule has 0 aliphatic heterocycles. The van der Waals surface area contributed by atoms with Gasteiger partial charge in [0.15, 0.2) is 0 Å². The summed E-state index contributed by atoms with van der Waals surface area (Å²) in [6.07, 6.45) is 1.86. The molecule has 5 aromatic carbocycles. The van der Waals surface area contributed by atoms with Crippen molar-refractivity contribution in [2.45, 2.75) is 0 Å². The minimum Gasteiger partial charge on any atom is -0.278 e. The fraction of sp³-hybridized carbons (Fsp3) is 0. The highest BCUT2D eigenvalue weighted by molar-refractivity contribution is 7.26. The molecule has 0 radical (unpaired) electrons. The van der Waals surface area contributed by atoms with Gasteiger partial charge < -0.3 is 0 Å². The van der Waals surface area contributed by atoms with Crippen LogP contribution in [-0.2, 0) is 0 Å². The molecule has 0 aliphatic rings. The molecular formula is C40H23N3S2. The number of pyridine rings is 2. The summed E-state index contributed by atoms with van der Waals surface area (Å²) < 4.78 is 6.12. The minimum atomic E-state index is 0.888. The van der Waals surface area contributed by atoms with E-state index in [0.29, 0.717) is 0 Å². The predicted molar refractivity (Wildman–Crippen MR) is 193 cm³/mol. The summed E-state index contributed by atoms with van der Waals surface area (Å²) in [5, 5.41) is 7.40. The third-order valence-electron chi connectivity index (χ3n) is 8.90. The predicted octanol–water partition coefficient (Wildman–Crippen LogP) is 11.6. The van der Waals surface area contributed by atoms with Crippen LogP contribution in [0.25, 0.3) is 90.5 Å². The number of nitrogens with zero attached hydrogens (tertiary/aromatic N) is 3. The number of hydrogen-bond acceptors (Lipinski definition) is 4. The number of fused-ring (bicyclic) bond motifs is 9. The number of aromatic nitrogens is 3. The van der Waals surface area contributed by atoms with Gasteiger partial charge in [0.2, 0.25) is 0 Å². The van der Waals surface area contributed by atoms with Crippen LogP contribution in [0.15, 0.2) is 140 Å². The van der Waals surface area contributed by atoms with Gasteiger partial charge in [-0.3, -0.25) is 4.57 Å². The fourth-order valence-corrected chi connectivity index (χ4v) is 9.32. The number of hydrogen-bond donors (Lipinski definition) is 0. The second-order valence-electron chi connectivity index (χ2n) is 11.4. The van der Waals surface area contributed by atoms with Gasteiger partial charge in [0.1, 0.15) is 16.3 Å². The fourth-order valence-electron chi connectivity index (χ4n) is 6.88. The Kier molecular flexibility index (Phi) is 5.32. The molecular weight excluding hydrogens is 587 g/mol. The Morgan fingerprint density at radius 2 is 1.16 bits per heavy atom. The smallest absolute Gasteiger partial charge is 0.146 e. The Bertz CT molecular complexity index is 2730. The first-order valence-corrected chi connectivity index (χ1v) is 16.6. The van der Waals surface area contributed by atoms with Crippen LogP contribution in [0.1, 0.15) is 0 Å². The maximum Gasteiger partial charge on any atom is 0.146 e. The summed E-state index contributed by atoms with van der Waals surface area (Å²) in [6.45, 7) is 0. The molecule has 0 saturated heterocycles. The molecule has 0 aliphatic carbocycles. The van der Waals surface area contributed by atoms with Crippen molar-refractivity contribution in [2.24, 2.45) is 0 Å². The van der Waals surface area contributed by atoms with E-state index in [1.165, 1.54) is 63.3 Å². The lowest BCUT2D eigenvalue weighted by molar-refractivity contribution is 1.08. The number of benzene rings is 5. The molecule has 0 saturated carbocycles. The van der Waals surface area contributed by atoms with Crippen LogP contribution >= 0.6 is 22.7 Å². The molecule has 10 aromatic rings. The van der Waals surface area contributed by atoms with Crippen molar-refractivity contribution in [3.8, 4) is 28.1 Å². The van der Waals surface area contributed by atoms with Gasteiger partial charge in [-0.15, -0.1) is 22.7 Å². The molecule has 3 nitrogen and oxygen atoms in total. The molecule has 0 fully saturated rings. The number of rotatable bonds is 3. The summed E-state index contributed by atoms with van der Waals surface area (Å²) in [7, 11) is 0. The van der Waals surface area contributed by atoms with Gasteiger partial charge in [-0.05, 0) is 64.7 Å². The van der Waals surface area contributed by atoms with Crippen molar-refractivity contribution >= 4 is 85.1 Å². The zero-order valence-electron chi connectivity index (χ0n) is 23.9. The summed E-state index contributed by atoms with van der Waals surface area (Å²) in [6, 6.07) is 48.0. The molecule has 0 bridgehead atoms. The second-order valence-corrected chi connectivity index (χ2v) is 13.4. The lowest BCUT2D eigenvalue weighted by atomic mass is 9.97. The largest absolute Gasteiger partial charge is 0.278 e. The zero-order valence-corrected chi connectivity index (χ0v) is 25.6. The van der Waals surface area contributed by atoms with E-state index in [4.69, 9.17) is 9.97 Å². The molecule has 10 rings (SSSR count). The Morgan fingerprint density at radius 3 is 2.00 bits per heavy atom. The molecule has 0 spiro atoms. The van der Waals surface area contributed by atoms with E-state index in [0.717, 1.165) is 27.2 Å². The average molecular weight is 610 g/mol. The van der Waals surface area contributed by atoms with Crippen molar-refractivity contribution in [1.82, 2.24) is 14.5 Å². The Balaban J connectivity index is 1.14. The van der Waals surface area contributed by atoms with E-state index >= 15 is 0 Å². The van der Waals surface area contributed by atoms with Gasteiger partial charge in [0.25, 0.3) is 0 Å². The maximum absolute atomic E-state index is 5.25. The molecule has 0 N–H and O–H groups in total. The first-order chi connectivity index (χ1) is 22.3. The molecule has 5 heterocycles. The van der Waals surface area contributed by atoms with E-state index in [9.17, 15) is 0 Å². The second kappa shape index (κ2) is 9.57. The lowest BCUT2D eigenvalue weighted by Gasteiger charge is -2.08. The van der Waals surface area contributed by atoms with Crippen molar-refractivity contribution in [1.29, 1.82) is 0 Å². The molecule has 5 heteroatoms. The van der Waals surface area contributed by atoms with Crippen LogP contribution in [0.2, 0.25) is 0 Å². The van der Waals surface area contributed by atoms with Gasteiger partial charge in [-0.25, -0.2) is 9.97 Å². The van der Waals surface area contributed by atoms with Crippen molar-refractivity contribution in [3.05, 3.63) is 140 Å². The quantitative estimate of drug-likeness (QED) is 0.199. The normalized spacial score (nSPS) is 12.0. The summed E-state index contributed by atoms with van der Waals surface area (Å²) in [5.41, 5.74) is 7.02. The molecule has 0 unspecified atom stereocenters. The van der Waals surface area contributed by atoms with Crippen molar-refractivity contribution in [3.63, 3.8) is 0 Å². The third-order valence-corrected chi connectivity index (χ3v) is 11.3. The van der Waals surface area contributed by atoms with Crippen LogP contribution in [0.4, 0.5) is 0 Å². The lowest BCUT2D eigenvalue weighted by Crippen LogP contribution is -1.97. The molecule has 0 atom stereocenters. The molecule has 45 heavy (non-hydrogen) atoms. The van der Waals surface area contributed by atoms with Crippen molar-refractivity contribution < 1.29 is 0 Å². The van der Waals surface area contributed by atoms with Gasteiger partial charge >= 0.3 is 0 Å². The summed E-state index contributed by atoms with van der Waals surface area (Å²) in [5.74, 6) is 0.888. The number of thiophene rings is 2. The zero-order chi connectivity index (χ0) is 29.5. The maximum atomic E-state index is 5.25. The van der Waals surface area contributed by atoms with E-state index in [1.807, 2.05) is 23.6 Å². The first kappa shape index (κ1) is 25.0. The van der Waals surface area contributed by atoms with Crippen LogP contribution in [0, 0.1) is 0 Å². The van der Waals surface area contributed by atoms with E-state index in [-0.39, 0.29) is 0 Å². The Morgan fingerprint density at radius 1 is 0.489 bits per heavy atom. The third kappa shape index (κ3) is 3.69. The van der Waals surface area contributed by atoms with E-state index in [1.54, 1.807) is 11.3 Å². The van der Waals surface area contributed by atoms with Crippen LogP contribution in [0.5, 0.6) is 0 Å². The molecule has 210 valence electrons. The van der Waals surface area contributed by atoms with E-state index < -0.39 is 0 Å².